The number of aromatic nitrogens is 3. The van der Waals surface area contributed by atoms with Gasteiger partial charge in [0.1, 0.15) is 12.6 Å². The second kappa shape index (κ2) is 7.14. The Morgan fingerprint density at radius 2 is 1.77 bits per heavy atom. The minimum absolute atomic E-state index is 0.661. The number of benzene rings is 2. The van der Waals surface area contributed by atoms with Crippen LogP contribution in [-0.4, -0.2) is 32.5 Å². The van der Waals surface area contributed by atoms with Crippen molar-refractivity contribution in [3.05, 3.63) is 66.8 Å². The van der Waals surface area contributed by atoms with Crippen LogP contribution < -0.4 is 0 Å². The van der Waals surface area contributed by atoms with Crippen molar-refractivity contribution in [2.75, 3.05) is 13.1 Å². The molecule has 0 saturated carbocycles. The lowest BCUT2D eigenvalue weighted by atomic mass is 10.2. The molecule has 132 valence electrons. The summed E-state index contributed by atoms with van der Waals surface area (Å²) < 4.78 is 7.77. The molecule has 26 heavy (non-hydrogen) atoms. The first-order valence-corrected chi connectivity index (χ1v) is 8.98. The van der Waals surface area contributed by atoms with Crippen LogP contribution in [0.3, 0.4) is 0 Å². The van der Waals surface area contributed by atoms with Crippen molar-refractivity contribution in [3.63, 3.8) is 0 Å². The quantitative estimate of drug-likeness (QED) is 0.515. The third kappa shape index (κ3) is 3.13. The topological polar surface area (TPSA) is 47.1 Å². The van der Waals surface area contributed by atoms with Gasteiger partial charge < -0.3 is 4.42 Å². The Balaban J connectivity index is 1.57. The number of rotatable bonds is 6. The molecule has 0 aliphatic carbocycles. The van der Waals surface area contributed by atoms with Crippen LogP contribution in [0.1, 0.15) is 19.5 Å². The standard InChI is InChI=1S/C21H22N4O/c1-3-24(4-2)13-17-14-26-21(23-17)16-9-11-18(12-10-16)25-15-22-19-7-5-6-8-20(19)25/h5-12,14-15H,3-4,13H2,1-2H3. The van der Waals surface area contributed by atoms with Crippen molar-refractivity contribution >= 4 is 11.0 Å². The molecule has 5 nitrogen and oxygen atoms in total. The summed E-state index contributed by atoms with van der Waals surface area (Å²) >= 11 is 0. The van der Waals surface area contributed by atoms with E-state index < -0.39 is 0 Å². The molecular weight excluding hydrogens is 324 g/mol. The molecule has 4 rings (SSSR count). The van der Waals surface area contributed by atoms with E-state index in [1.165, 1.54) is 0 Å². The fourth-order valence-corrected chi connectivity index (χ4v) is 3.12. The lowest BCUT2D eigenvalue weighted by molar-refractivity contribution is 0.292. The van der Waals surface area contributed by atoms with Gasteiger partial charge in [0.05, 0.1) is 16.7 Å². The van der Waals surface area contributed by atoms with Crippen molar-refractivity contribution in [2.45, 2.75) is 20.4 Å². The average Bonchev–Trinajstić information content (AvgIpc) is 3.33. The molecule has 0 aliphatic rings. The molecule has 2 aromatic carbocycles. The van der Waals surface area contributed by atoms with Crippen LogP contribution in [0.4, 0.5) is 0 Å². The lowest BCUT2D eigenvalue weighted by Crippen LogP contribution is -2.22. The zero-order valence-corrected chi connectivity index (χ0v) is 15.1. The average molecular weight is 346 g/mol. The van der Waals surface area contributed by atoms with Gasteiger partial charge in [-0.1, -0.05) is 26.0 Å². The van der Waals surface area contributed by atoms with E-state index in [0.29, 0.717) is 5.89 Å². The van der Waals surface area contributed by atoms with Crippen molar-refractivity contribution in [1.82, 2.24) is 19.4 Å². The number of hydrogen-bond acceptors (Lipinski definition) is 4. The highest BCUT2D eigenvalue weighted by atomic mass is 16.3. The first-order valence-electron chi connectivity index (χ1n) is 8.98. The summed E-state index contributed by atoms with van der Waals surface area (Å²) in [4.78, 5) is 11.4. The highest BCUT2D eigenvalue weighted by molar-refractivity contribution is 5.77. The highest BCUT2D eigenvalue weighted by Crippen LogP contribution is 2.23. The number of imidazole rings is 1. The van der Waals surface area contributed by atoms with Crippen molar-refractivity contribution < 1.29 is 4.42 Å². The number of para-hydroxylation sites is 2. The van der Waals surface area contributed by atoms with E-state index in [0.717, 1.165) is 47.6 Å². The van der Waals surface area contributed by atoms with Crippen molar-refractivity contribution in [2.24, 2.45) is 0 Å². The molecule has 0 fully saturated rings. The van der Waals surface area contributed by atoms with Gasteiger partial charge in [-0.2, -0.15) is 0 Å². The van der Waals surface area contributed by atoms with Crippen LogP contribution >= 0.6 is 0 Å². The summed E-state index contributed by atoms with van der Waals surface area (Å²) in [5.74, 6) is 0.661. The van der Waals surface area contributed by atoms with Gasteiger partial charge >= 0.3 is 0 Å². The number of fused-ring (bicyclic) bond motifs is 1. The predicted octanol–water partition coefficient (Wildman–Crippen LogP) is 4.52. The summed E-state index contributed by atoms with van der Waals surface area (Å²) in [5, 5.41) is 0. The second-order valence-electron chi connectivity index (χ2n) is 6.26. The fraction of sp³-hybridized carbons (Fsp3) is 0.238. The van der Waals surface area contributed by atoms with E-state index in [1.807, 2.05) is 36.7 Å². The lowest BCUT2D eigenvalue weighted by Gasteiger charge is -2.15. The summed E-state index contributed by atoms with van der Waals surface area (Å²) in [6.07, 6.45) is 3.61. The van der Waals surface area contributed by atoms with Gasteiger partial charge in [-0.15, -0.1) is 0 Å². The molecule has 0 atom stereocenters. The maximum Gasteiger partial charge on any atom is 0.226 e. The number of nitrogens with zero attached hydrogens (tertiary/aromatic N) is 4. The molecule has 0 bridgehead atoms. The molecule has 0 aliphatic heterocycles. The molecular formula is C21H22N4O. The monoisotopic (exact) mass is 346 g/mol. The summed E-state index contributed by atoms with van der Waals surface area (Å²) in [6.45, 7) is 7.14. The van der Waals surface area contributed by atoms with E-state index in [9.17, 15) is 0 Å². The molecule has 0 amide bonds. The van der Waals surface area contributed by atoms with E-state index in [4.69, 9.17) is 4.42 Å². The van der Waals surface area contributed by atoms with Gasteiger partial charge in [0.2, 0.25) is 5.89 Å². The van der Waals surface area contributed by atoms with Gasteiger partial charge in [-0.05, 0) is 49.5 Å². The van der Waals surface area contributed by atoms with Gasteiger partial charge in [0.15, 0.2) is 0 Å². The molecule has 4 aromatic rings. The first-order chi connectivity index (χ1) is 12.8. The van der Waals surface area contributed by atoms with Crippen LogP contribution in [-0.2, 0) is 6.54 Å². The molecule has 0 radical (unpaired) electrons. The maximum atomic E-state index is 5.68. The van der Waals surface area contributed by atoms with E-state index >= 15 is 0 Å². The van der Waals surface area contributed by atoms with Gasteiger partial charge in [0, 0.05) is 17.8 Å². The molecule has 5 heteroatoms. The molecule has 0 unspecified atom stereocenters. The third-order valence-corrected chi connectivity index (χ3v) is 4.68. The van der Waals surface area contributed by atoms with Crippen LogP contribution in [0.5, 0.6) is 0 Å². The molecule has 2 heterocycles. The molecule has 0 saturated heterocycles. The van der Waals surface area contributed by atoms with Crippen LogP contribution in [0.2, 0.25) is 0 Å². The third-order valence-electron chi connectivity index (χ3n) is 4.68. The Morgan fingerprint density at radius 3 is 2.54 bits per heavy atom. The SMILES string of the molecule is CCN(CC)Cc1coc(-c2ccc(-n3cnc4ccccc43)cc2)n1. The highest BCUT2D eigenvalue weighted by Gasteiger charge is 2.10. The van der Waals surface area contributed by atoms with Gasteiger partial charge in [-0.25, -0.2) is 9.97 Å². The Labute approximate surface area is 152 Å². The van der Waals surface area contributed by atoms with Crippen molar-refractivity contribution in [3.8, 4) is 17.1 Å². The Hall–Kier alpha value is -2.92. The zero-order chi connectivity index (χ0) is 17.9. The van der Waals surface area contributed by atoms with Crippen LogP contribution in [0.25, 0.3) is 28.2 Å². The summed E-state index contributed by atoms with van der Waals surface area (Å²) in [5.41, 5.74) is 5.10. The van der Waals surface area contributed by atoms with Gasteiger partial charge in [-0.3, -0.25) is 9.47 Å². The number of oxazole rings is 1. The Morgan fingerprint density at radius 1 is 1.00 bits per heavy atom. The smallest absolute Gasteiger partial charge is 0.226 e. The first kappa shape index (κ1) is 16.5. The van der Waals surface area contributed by atoms with Crippen LogP contribution in [0.15, 0.2) is 65.5 Å². The minimum Gasteiger partial charge on any atom is -0.444 e. The van der Waals surface area contributed by atoms with Gasteiger partial charge in [0.25, 0.3) is 0 Å². The van der Waals surface area contributed by atoms with E-state index in [1.54, 1.807) is 6.26 Å². The Bertz CT molecular complexity index is 996. The van der Waals surface area contributed by atoms with E-state index in [-0.39, 0.29) is 0 Å². The maximum absolute atomic E-state index is 5.68. The second-order valence-corrected chi connectivity index (χ2v) is 6.26. The fourth-order valence-electron chi connectivity index (χ4n) is 3.12. The van der Waals surface area contributed by atoms with E-state index in [2.05, 4.69) is 51.5 Å². The van der Waals surface area contributed by atoms with Crippen molar-refractivity contribution in [1.29, 1.82) is 0 Å². The summed E-state index contributed by atoms with van der Waals surface area (Å²) in [7, 11) is 0. The zero-order valence-electron chi connectivity index (χ0n) is 15.1. The largest absolute Gasteiger partial charge is 0.444 e. The molecule has 0 spiro atoms. The molecule has 0 N–H and O–H groups in total. The molecule has 2 aromatic heterocycles. The predicted molar refractivity (Wildman–Crippen MR) is 103 cm³/mol. The summed E-state index contributed by atoms with van der Waals surface area (Å²) in [6, 6.07) is 16.3. The minimum atomic E-state index is 0.661. The van der Waals surface area contributed by atoms with Crippen LogP contribution in [0, 0.1) is 0 Å². The number of hydrogen-bond donors (Lipinski definition) is 0. The Kier molecular flexibility index (Phi) is 4.54. The normalized spacial score (nSPS) is 11.5.